The number of piperidine rings is 1. The highest BCUT2D eigenvalue weighted by atomic mass is 15.3. The molecule has 2 unspecified atom stereocenters. The molecule has 2 atom stereocenters. The third-order valence-corrected chi connectivity index (χ3v) is 3.27. The summed E-state index contributed by atoms with van der Waals surface area (Å²) in [5.41, 5.74) is 0. The smallest absolute Gasteiger partial charge is 0.138 e. The third kappa shape index (κ3) is 2.61. The van der Waals surface area contributed by atoms with Gasteiger partial charge in [-0.1, -0.05) is 6.92 Å². The lowest BCUT2D eigenvalue weighted by molar-refractivity contribution is 0.293. The molecule has 1 fully saturated rings. The first-order chi connectivity index (χ1) is 7.66. The molecule has 16 heavy (non-hydrogen) atoms. The summed E-state index contributed by atoms with van der Waals surface area (Å²) in [5, 5.41) is 7.77. The Morgan fingerprint density at radius 3 is 3.00 bits per heavy atom. The minimum atomic E-state index is 0.409. The highest BCUT2D eigenvalue weighted by Crippen LogP contribution is 2.20. The maximum absolute atomic E-state index is 4.38. The number of hydrogen-bond acceptors (Lipinski definition) is 3. The molecule has 1 aliphatic rings. The molecule has 0 saturated carbocycles. The Bertz CT molecular complexity index is 332. The van der Waals surface area contributed by atoms with Crippen LogP contribution in [0.15, 0.2) is 6.33 Å². The molecular formula is C12H22N4. The summed E-state index contributed by atoms with van der Waals surface area (Å²) >= 11 is 0. The number of nitrogens with zero attached hydrogens (tertiary/aromatic N) is 3. The van der Waals surface area contributed by atoms with Crippen LogP contribution in [0.4, 0.5) is 0 Å². The number of nitrogens with one attached hydrogen (secondary N) is 1. The van der Waals surface area contributed by atoms with Gasteiger partial charge in [-0.05, 0) is 45.2 Å². The van der Waals surface area contributed by atoms with Crippen molar-refractivity contribution >= 4 is 0 Å². The molecule has 4 heteroatoms. The zero-order valence-corrected chi connectivity index (χ0v) is 10.5. The number of rotatable bonds is 3. The van der Waals surface area contributed by atoms with Crippen LogP contribution in [-0.2, 0) is 6.42 Å². The van der Waals surface area contributed by atoms with Crippen molar-refractivity contribution in [1.82, 2.24) is 20.1 Å². The SMILES string of the molecule is CC1CNCC(Cc2ncnn2C(C)C)C1. The van der Waals surface area contributed by atoms with Crippen molar-refractivity contribution in [3.05, 3.63) is 12.2 Å². The normalized spacial score (nSPS) is 26.2. The van der Waals surface area contributed by atoms with E-state index >= 15 is 0 Å². The zero-order chi connectivity index (χ0) is 11.5. The molecule has 0 amide bonds. The lowest BCUT2D eigenvalue weighted by atomic mass is 9.89. The fourth-order valence-corrected chi connectivity index (χ4v) is 2.53. The molecule has 1 aromatic rings. The minimum Gasteiger partial charge on any atom is -0.316 e. The van der Waals surface area contributed by atoms with E-state index in [1.54, 1.807) is 6.33 Å². The van der Waals surface area contributed by atoms with Crippen LogP contribution in [0.3, 0.4) is 0 Å². The average Bonchev–Trinajstić information content (AvgIpc) is 2.66. The largest absolute Gasteiger partial charge is 0.316 e. The van der Waals surface area contributed by atoms with Crippen molar-refractivity contribution < 1.29 is 0 Å². The van der Waals surface area contributed by atoms with Crippen molar-refractivity contribution in [2.24, 2.45) is 11.8 Å². The first-order valence-corrected chi connectivity index (χ1v) is 6.26. The summed E-state index contributed by atoms with van der Waals surface area (Å²) in [5.74, 6) is 2.63. The Hall–Kier alpha value is -0.900. The van der Waals surface area contributed by atoms with Crippen LogP contribution < -0.4 is 5.32 Å². The molecule has 0 spiro atoms. The van der Waals surface area contributed by atoms with Crippen molar-refractivity contribution in [1.29, 1.82) is 0 Å². The van der Waals surface area contributed by atoms with E-state index in [0.717, 1.165) is 31.3 Å². The van der Waals surface area contributed by atoms with Gasteiger partial charge in [-0.2, -0.15) is 5.10 Å². The van der Waals surface area contributed by atoms with Gasteiger partial charge >= 0.3 is 0 Å². The predicted octanol–water partition coefficient (Wildman–Crippen LogP) is 1.65. The van der Waals surface area contributed by atoms with Crippen LogP contribution in [0.25, 0.3) is 0 Å². The number of aromatic nitrogens is 3. The molecule has 0 aromatic carbocycles. The van der Waals surface area contributed by atoms with E-state index in [2.05, 4.69) is 36.2 Å². The van der Waals surface area contributed by atoms with Crippen LogP contribution in [0.2, 0.25) is 0 Å². The fourth-order valence-electron chi connectivity index (χ4n) is 2.53. The maximum Gasteiger partial charge on any atom is 0.138 e. The van der Waals surface area contributed by atoms with E-state index in [4.69, 9.17) is 0 Å². The van der Waals surface area contributed by atoms with Crippen LogP contribution in [0.5, 0.6) is 0 Å². The van der Waals surface area contributed by atoms with E-state index < -0.39 is 0 Å². The van der Waals surface area contributed by atoms with Gasteiger partial charge in [-0.3, -0.25) is 0 Å². The van der Waals surface area contributed by atoms with E-state index in [9.17, 15) is 0 Å². The van der Waals surface area contributed by atoms with Gasteiger partial charge in [0.1, 0.15) is 12.2 Å². The number of hydrogen-bond donors (Lipinski definition) is 1. The first kappa shape index (κ1) is 11.6. The van der Waals surface area contributed by atoms with E-state index in [-0.39, 0.29) is 0 Å². The average molecular weight is 222 g/mol. The van der Waals surface area contributed by atoms with Crippen molar-refractivity contribution in [3.63, 3.8) is 0 Å². The Labute approximate surface area is 97.5 Å². The Morgan fingerprint density at radius 1 is 1.50 bits per heavy atom. The quantitative estimate of drug-likeness (QED) is 0.845. The molecule has 2 rings (SSSR count). The first-order valence-electron chi connectivity index (χ1n) is 6.26. The summed E-state index contributed by atoms with van der Waals surface area (Å²) in [4.78, 5) is 4.38. The van der Waals surface area contributed by atoms with Crippen LogP contribution in [0.1, 0.15) is 39.1 Å². The fraction of sp³-hybridized carbons (Fsp3) is 0.833. The van der Waals surface area contributed by atoms with Crippen LogP contribution in [0, 0.1) is 11.8 Å². The molecule has 1 saturated heterocycles. The summed E-state index contributed by atoms with van der Waals surface area (Å²) in [6.07, 6.45) is 4.03. The molecule has 4 nitrogen and oxygen atoms in total. The maximum atomic E-state index is 4.38. The zero-order valence-electron chi connectivity index (χ0n) is 10.5. The molecular weight excluding hydrogens is 200 g/mol. The van der Waals surface area contributed by atoms with Crippen molar-refractivity contribution in [2.75, 3.05) is 13.1 Å². The molecule has 1 aromatic heterocycles. The molecule has 90 valence electrons. The van der Waals surface area contributed by atoms with Crippen LogP contribution >= 0.6 is 0 Å². The highest BCUT2D eigenvalue weighted by molar-refractivity contribution is 4.91. The Morgan fingerprint density at radius 2 is 2.31 bits per heavy atom. The third-order valence-electron chi connectivity index (χ3n) is 3.27. The van der Waals surface area contributed by atoms with Gasteiger partial charge in [0, 0.05) is 12.5 Å². The minimum absolute atomic E-state index is 0.409. The Balaban J connectivity index is 2.00. The van der Waals surface area contributed by atoms with Gasteiger partial charge in [0.05, 0.1) is 0 Å². The van der Waals surface area contributed by atoms with Gasteiger partial charge in [0.15, 0.2) is 0 Å². The molecule has 0 aliphatic carbocycles. The highest BCUT2D eigenvalue weighted by Gasteiger charge is 2.21. The van der Waals surface area contributed by atoms with Gasteiger partial charge in [-0.15, -0.1) is 0 Å². The van der Waals surface area contributed by atoms with Gasteiger partial charge in [0.2, 0.25) is 0 Å². The van der Waals surface area contributed by atoms with Gasteiger partial charge in [-0.25, -0.2) is 9.67 Å². The summed E-state index contributed by atoms with van der Waals surface area (Å²) < 4.78 is 2.04. The second-order valence-electron chi connectivity index (χ2n) is 5.28. The molecule has 0 radical (unpaired) electrons. The summed E-state index contributed by atoms with van der Waals surface area (Å²) in [7, 11) is 0. The molecule has 1 N–H and O–H groups in total. The van der Waals surface area contributed by atoms with Crippen molar-refractivity contribution in [3.8, 4) is 0 Å². The lowest BCUT2D eigenvalue weighted by Gasteiger charge is -2.27. The standard InChI is InChI=1S/C12H22N4/c1-9(2)16-12(14-8-15-16)5-11-4-10(3)6-13-7-11/h8-11,13H,4-7H2,1-3H3. The van der Waals surface area contributed by atoms with E-state index in [1.165, 1.54) is 6.42 Å². The van der Waals surface area contributed by atoms with Gasteiger partial charge in [0.25, 0.3) is 0 Å². The topological polar surface area (TPSA) is 42.7 Å². The Kier molecular flexibility index (Phi) is 3.59. The van der Waals surface area contributed by atoms with E-state index in [0.29, 0.717) is 12.0 Å². The second kappa shape index (κ2) is 4.95. The molecule has 2 heterocycles. The predicted molar refractivity (Wildman–Crippen MR) is 64.3 cm³/mol. The molecule has 0 bridgehead atoms. The molecule has 1 aliphatic heterocycles. The summed E-state index contributed by atoms with van der Waals surface area (Å²) in [6, 6.07) is 0.409. The summed E-state index contributed by atoms with van der Waals surface area (Å²) in [6.45, 7) is 8.90. The second-order valence-corrected chi connectivity index (χ2v) is 5.28. The lowest BCUT2D eigenvalue weighted by Crippen LogP contribution is -2.36. The van der Waals surface area contributed by atoms with Crippen LogP contribution in [-0.4, -0.2) is 27.9 Å². The van der Waals surface area contributed by atoms with Crippen molar-refractivity contribution in [2.45, 2.75) is 39.7 Å². The van der Waals surface area contributed by atoms with E-state index in [1.807, 2.05) is 4.68 Å². The van der Waals surface area contributed by atoms with Gasteiger partial charge < -0.3 is 5.32 Å². The monoisotopic (exact) mass is 222 g/mol.